The van der Waals surface area contributed by atoms with Crippen LogP contribution in [0, 0.1) is 11.3 Å². The van der Waals surface area contributed by atoms with Crippen molar-refractivity contribution in [3.63, 3.8) is 0 Å². The van der Waals surface area contributed by atoms with Gasteiger partial charge in [-0.05, 0) is 6.07 Å². The number of hydrogen-bond acceptors (Lipinski definition) is 4. The molecule has 0 saturated carbocycles. The molecule has 1 aromatic heterocycles. The van der Waals surface area contributed by atoms with Crippen LogP contribution in [0.25, 0.3) is 0 Å². The highest BCUT2D eigenvalue weighted by atomic mass is 14.8. The van der Waals surface area contributed by atoms with Gasteiger partial charge in [0.2, 0.25) is 0 Å². The maximum atomic E-state index is 8.40. The van der Waals surface area contributed by atoms with E-state index < -0.39 is 0 Å². The van der Waals surface area contributed by atoms with E-state index in [1.54, 1.807) is 18.3 Å². The molecule has 0 aliphatic rings. The summed E-state index contributed by atoms with van der Waals surface area (Å²) in [5, 5.41) is 8.40. The van der Waals surface area contributed by atoms with Crippen LogP contribution in [0.5, 0.6) is 0 Å². The highest BCUT2D eigenvalue weighted by Gasteiger charge is 2.08. The minimum Gasteiger partial charge on any atom is -0.383 e. The molecule has 4 nitrogen and oxygen atoms in total. The van der Waals surface area contributed by atoms with Crippen molar-refractivity contribution in [3.8, 4) is 6.07 Å². The minimum absolute atomic E-state index is 0.260. The molecule has 12 heavy (non-hydrogen) atoms. The van der Waals surface area contributed by atoms with Crippen LogP contribution in [-0.2, 0) is 0 Å². The summed E-state index contributed by atoms with van der Waals surface area (Å²) in [5.41, 5.74) is 12.0. The Morgan fingerprint density at radius 3 is 3.00 bits per heavy atom. The van der Waals surface area contributed by atoms with E-state index >= 15 is 0 Å². The summed E-state index contributed by atoms with van der Waals surface area (Å²) < 4.78 is 0. The van der Waals surface area contributed by atoms with E-state index in [4.69, 9.17) is 16.7 Å². The molecule has 62 valence electrons. The van der Waals surface area contributed by atoms with Crippen molar-refractivity contribution in [1.29, 1.82) is 5.26 Å². The zero-order valence-electron chi connectivity index (χ0n) is 6.57. The lowest BCUT2D eigenvalue weighted by molar-refractivity contribution is 0.747. The molecule has 0 spiro atoms. The van der Waals surface area contributed by atoms with Gasteiger partial charge in [-0.15, -0.1) is 0 Å². The van der Waals surface area contributed by atoms with Crippen LogP contribution in [0.4, 0.5) is 5.82 Å². The van der Waals surface area contributed by atoms with Gasteiger partial charge in [0.05, 0.1) is 12.5 Å². The van der Waals surface area contributed by atoms with E-state index in [2.05, 4.69) is 4.98 Å². The molecule has 1 atom stereocenters. The first-order valence-electron chi connectivity index (χ1n) is 3.58. The zero-order chi connectivity index (χ0) is 8.97. The quantitative estimate of drug-likeness (QED) is 0.665. The van der Waals surface area contributed by atoms with Crippen LogP contribution in [0.1, 0.15) is 18.0 Å². The normalized spacial score (nSPS) is 12.0. The SMILES string of the molecule is N#CC[C@@H](N)c1cccnc1N. The van der Waals surface area contributed by atoms with Gasteiger partial charge in [-0.3, -0.25) is 0 Å². The highest BCUT2D eigenvalue weighted by Crippen LogP contribution is 2.17. The molecule has 4 N–H and O–H groups in total. The Labute approximate surface area is 70.8 Å². The second kappa shape index (κ2) is 3.69. The van der Waals surface area contributed by atoms with Crippen LogP contribution in [0.3, 0.4) is 0 Å². The molecule has 4 heteroatoms. The molecule has 0 amide bonds. The molecule has 0 aromatic carbocycles. The van der Waals surface area contributed by atoms with Gasteiger partial charge in [-0.25, -0.2) is 4.98 Å². The predicted molar refractivity (Wildman–Crippen MR) is 45.8 cm³/mol. The molecule has 1 heterocycles. The zero-order valence-corrected chi connectivity index (χ0v) is 6.57. The number of aromatic nitrogens is 1. The number of hydrogen-bond donors (Lipinski definition) is 2. The third kappa shape index (κ3) is 1.71. The molecule has 0 radical (unpaired) electrons. The minimum atomic E-state index is -0.330. The van der Waals surface area contributed by atoms with Crippen LogP contribution in [0.2, 0.25) is 0 Å². The predicted octanol–water partition coefficient (Wildman–Crippen LogP) is 0.577. The van der Waals surface area contributed by atoms with Gasteiger partial charge in [-0.2, -0.15) is 5.26 Å². The Morgan fingerprint density at radius 1 is 1.67 bits per heavy atom. The summed E-state index contributed by atoms with van der Waals surface area (Å²) >= 11 is 0. The average Bonchev–Trinajstić information content (AvgIpc) is 2.05. The smallest absolute Gasteiger partial charge is 0.128 e. The van der Waals surface area contributed by atoms with Crippen molar-refractivity contribution in [3.05, 3.63) is 23.9 Å². The highest BCUT2D eigenvalue weighted by molar-refractivity contribution is 5.40. The van der Waals surface area contributed by atoms with Crippen LogP contribution in [0.15, 0.2) is 18.3 Å². The molecule has 0 aliphatic carbocycles. The molecule has 0 unspecified atom stereocenters. The molecule has 0 saturated heterocycles. The maximum Gasteiger partial charge on any atom is 0.128 e. The molecule has 1 aromatic rings. The van der Waals surface area contributed by atoms with E-state index in [-0.39, 0.29) is 12.5 Å². The Morgan fingerprint density at radius 2 is 2.42 bits per heavy atom. The van der Waals surface area contributed by atoms with Gasteiger partial charge < -0.3 is 11.5 Å². The lowest BCUT2D eigenvalue weighted by atomic mass is 10.1. The van der Waals surface area contributed by atoms with E-state index in [9.17, 15) is 0 Å². The summed E-state index contributed by atoms with van der Waals surface area (Å²) in [6, 6.07) is 5.19. The number of nitrogens with zero attached hydrogens (tertiary/aromatic N) is 2. The first-order chi connectivity index (χ1) is 5.75. The number of anilines is 1. The van der Waals surface area contributed by atoms with Gasteiger partial charge in [0.1, 0.15) is 5.82 Å². The lowest BCUT2D eigenvalue weighted by Gasteiger charge is -2.08. The van der Waals surface area contributed by atoms with Gasteiger partial charge in [0, 0.05) is 17.8 Å². The van der Waals surface area contributed by atoms with Crippen LogP contribution >= 0.6 is 0 Å². The fraction of sp³-hybridized carbons (Fsp3) is 0.250. The number of nitriles is 1. The number of nitrogen functional groups attached to an aromatic ring is 1. The summed E-state index contributed by atoms with van der Waals surface area (Å²) in [7, 11) is 0. The molecular formula is C8H10N4. The Kier molecular flexibility index (Phi) is 2.62. The molecule has 0 fully saturated rings. The third-order valence-electron chi connectivity index (χ3n) is 1.58. The largest absolute Gasteiger partial charge is 0.383 e. The number of nitrogens with two attached hydrogens (primary N) is 2. The lowest BCUT2D eigenvalue weighted by Crippen LogP contribution is -2.12. The van der Waals surface area contributed by atoms with E-state index in [1.165, 1.54) is 0 Å². The molecule has 0 aliphatic heterocycles. The molecule has 1 rings (SSSR count). The summed E-state index contributed by atoms with van der Waals surface area (Å²) in [5.74, 6) is 0.403. The fourth-order valence-corrected chi connectivity index (χ4v) is 0.952. The van der Waals surface area contributed by atoms with Gasteiger partial charge in [0.15, 0.2) is 0 Å². The number of rotatable bonds is 2. The topological polar surface area (TPSA) is 88.7 Å². The molecule has 0 bridgehead atoms. The summed E-state index contributed by atoms with van der Waals surface area (Å²) in [6.45, 7) is 0. The Bertz CT molecular complexity index is 302. The fourth-order valence-electron chi connectivity index (χ4n) is 0.952. The van der Waals surface area contributed by atoms with Crippen LogP contribution < -0.4 is 11.5 Å². The van der Waals surface area contributed by atoms with Gasteiger partial charge in [-0.1, -0.05) is 6.07 Å². The standard InChI is InChI=1S/C8H10N4/c9-4-3-7(10)6-2-1-5-12-8(6)11/h1-2,5,7H,3,10H2,(H2,11,12)/t7-/m1/s1. The first-order valence-corrected chi connectivity index (χ1v) is 3.58. The van der Waals surface area contributed by atoms with Crippen molar-refractivity contribution in [1.82, 2.24) is 4.98 Å². The van der Waals surface area contributed by atoms with E-state index in [0.29, 0.717) is 5.82 Å². The maximum absolute atomic E-state index is 8.40. The van der Waals surface area contributed by atoms with Crippen LogP contribution in [-0.4, -0.2) is 4.98 Å². The monoisotopic (exact) mass is 162 g/mol. The second-order valence-corrected chi connectivity index (χ2v) is 2.45. The van der Waals surface area contributed by atoms with Crippen molar-refractivity contribution >= 4 is 5.82 Å². The Hall–Kier alpha value is -1.60. The van der Waals surface area contributed by atoms with Crippen molar-refractivity contribution < 1.29 is 0 Å². The summed E-state index contributed by atoms with van der Waals surface area (Å²) in [4.78, 5) is 3.87. The van der Waals surface area contributed by atoms with E-state index in [1.807, 2.05) is 6.07 Å². The first kappa shape index (κ1) is 8.50. The second-order valence-electron chi connectivity index (χ2n) is 2.45. The van der Waals surface area contributed by atoms with Gasteiger partial charge >= 0.3 is 0 Å². The van der Waals surface area contributed by atoms with Crippen molar-refractivity contribution in [2.45, 2.75) is 12.5 Å². The van der Waals surface area contributed by atoms with Crippen molar-refractivity contribution in [2.75, 3.05) is 5.73 Å². The van der Waals surface area contributed by atoms with Crippen molar-refractivity contribution in [2.24, 2.45) is 5.73 Å². The number of pyridine rings is 1. The molecular weight excluding hydrogens is 152 g/mol. The average molecular weight is 162 g/mol. The third-order valence-corrected chi connectivity index (χ3v) is 1.58. The van der Waals surface area contributed by atoms with E-state index in [0.717, 1.165) is 5.56 Å². The summed E-state index contributed by atoms with van der Waals surface area (Å²) in [6.07, 6.45) is 1.85. The van der Waals surface area contributed by atoms with Gasteiger partial charge in [0.25, 0.3) is 0 Å². The Balaban J connectivity index is 2.88.